The molecule has 0 aliphatic heterocycles. The Hall–Kier alpha value is -2.78. The van der Waals surface area contributed by atoms with Gasteiger partial charge in [-0.3, -0.25) is 14.9 Å². The molecule has 3 rings (SSSR count). The molecule has 0 spiro atoms. The SMILES string of the molecule is Cc1n[nH]c(C)c1S(=O)(=O)N(C)CC(=O)Nc1cccc2cccnc12. The number of hydrogen-bond donors (Lipinski definition) is 2. The van der Waals surface area contributed by atoms with Crippen LogP contribution in [0.25, 0.3) is 10.9 Å². The van der Waals surface area contributed by atoms with Crippen molar-refractivity contribution in [3.05, 3.63) is 47.9 Å². The maximum Gasteiger partial charge on any atom is 0.246 e. The zero-order valence-corrected chi connectivity index (χ0v) is 15.5. The molecule has 0 fully saturated rings. The molecule has 0 atom stereocenters. The first-order valence-electron chi connectivity index (χ1n) is 7.92. The third kappa shape index (κ3) is 3.31. The largest absolute Gasteiger partial charge is 0.323 e. The monoisotopic (exact) mass is 373 g/mol. The van der Waals surface area contributed by atoms with Gasteiger partial charge in [-0.25, -0.2) is 8.42 Å². The lowest BCUT2D eigenvalue weighted by molar-refractivity contribution is -0.116. The van der Waals surface area contributed by atoms with Crippen molar-refractivity contribution in [2.75, 3.05) is 18.9 Å². The van der Waals surface area contributed by atoms with E-state index in [9.17, 15) is 13.2 Å². The second kappa shape index (κ2) is 6.85. The second-order valence-corrected chi connectivity index (χ2v) is 7.93. The molecule has 0 saturated carbocycles. The van der Waals surface area contributed by atoms with Gasteiger partial charge in [0.1, 0.15) is 4.90 Å². The summed E-state index contributed by atoms with van der Waals surface area (Å²) in [5.41, 5.74) is 1.99. The van der Waals surface area contributed by atoms with Gasteiger partial charge in [0.05, 0.1) is 29.1 Å². The van der Waals surface area contributed by atoms with Crippen LogP contribution in [-0.2, 0) is 14.8 Å². The summed E-state index contributed by atoms with van der Waals surface area (Å²) in [5.74, 6) is -0.451. The van der Waals surface area contributed by atoms with Gasteiger partial charge in [-0.1, -0.05) is 18.2 Å². The Morgan fingerprint density at radius 1 is 1.23 bits per heavy atom. The fourth-order valence-electron chi connectivity index (χ4n) is 2.76. The summed E-state index contributed by atoms with van der Waals surface area (Å²) in [4.78, 5) is 16.7. The van der Waals surface area contributed by atoms with Gasteiger partial charge < -0.3 is 5.32 Å². The summed E-state index contributed by atoms with van der Waals surface area (Å²) in [7, 11) is -2.46. The third-order valence-corrected chi connectivity index (χ3v) is 6.07. The van der Waals surface area contributed by atoms with Gasteiger partial charge in [0, 0.05) is 18.6 Å². The molecule has 2 N–H and O–H groups in total. The van der Waals surface area contributed by atoms with Gasteiger partial charge in [0.2, 0.25) is 15.9 Å². The van der Waals surface area contributed by atoms with Crippen LogP contribution in [-0.4, -0.2) is 47.4 Å². The van der Waals surface area contributed by atoms with Crippen LogP contribution in [0.5, 0.6) is 0 Å². The summed E-state index contributed by atoms with van der Waals surface area (Å²) in [6.45, 7) is 2.91. The van der Waals surface area contributed by atoms with E-state index in [-0.39, 0.29) is 11.4 Å². The van der Waals surface area contributed by atoms with E-state index in [2.05, 4.69) is 20.5 Å². The summed E-state index contributed by atoms with van der Waals surface area (Å²) >= 11 is 0. The minimum absolute atomic E-state index is 0.0969. The number of fused-ring (bicyclic) bond motifs is 1. The van der Waals surface area contributed by atoms with Crippen LogP contribution in [0.4, 0.5) is 5.69 Å². The van der Waals surface area contributed by atoms with Crippen LogP contribution in [0, 0.1) is 13.8 Å². The molecule has 0 radical (unpaired) electrons. The molecule has 0 unspecified atom stereocenters. The molecule has 2 heterocycles. The quantitative estimate of drug-likeness (QED) is 0.709. The van der Waals surface area contributed by atoms with Crippen LogP contribution >= 0.6 is 0 Å². The minimum Gasteiger partial charge on any atom is -0.323 e. The first-order valence-corrected chi connectivity index (χ1v) is 9.36. The number of carbonyl (C=O) groups is 1. The highest BCUT2D eigenvalue weighted by Gasteiger charge is 2.28. The number of aryl methyl sites for hydroxylation is 2. The summed E-state index contributed by atoms with van der Waals surface area (Å²) in [6, 6.07) is 9.12. The van der Waals surface area contributed by atoms with Crippen molar-refractivity contribution in [1.82, 2.24) is 19.5 Å². The highest BCUT2D eigenvalue weighted by molar-refractivity contribution is 7.89. The third-order valence-electron chi connectivity index (χ3n) is 4.00. The number of aromatic amines is 1. The number of nitrogens with zero attached hydrogens (tertiary/aromatic N) is 3. The van der Waals surface area contributed by atoms with Gasteiger partial charge >= 0.3 is 0 Å². The van der Waals surface area contributed by atoms with Gasteiger partial charge in [0.15, 0.2) is 0 Å². The molecule has 0 bridgehead atoms. The Kier molecular flexibility index (Phi) is 4.75. The van der Waals surface area contributed by atoms with Gasteiger partial charge in [0.25, 0.3) is 0 Å². The number of benzene rings is 1. The number of sulfonamides is 1. The lowest BCUT2D eigenvalue weighted by atomic mass is 10.2. The molecule has 0 saturated heterocycles. The normalized spacial score (nSPS) is 11.8. The lowest BCUT2D eigenvalue weighted by Gasteiger charge is -2.17. The van der Waals surface area contributed by atoms with E-state index in [1.165, 1.54) is 7.05 Å². The van der Waals surface area contributed by atoms with Crippen molar-refractivity contribution in [3.63, 3.8) is 0 Å². The van der Waals surface area contributed by atoms with E-state index in [1.807, 2.05) is 18.2 Å². The minimum atomic E-state index is -3.82. The number of H-pyrrole nitrogens is 1. The Balaban J connectivity index is 1.79. The van der Waals surface area contributed by atoms with Gasteiger partial charge in [-0.15, -0.1) is 0 Å². The molecule has 8 nitrogen and oxygen atoms in total. The number of pyridine rings is 1. The maximum atomic E-state index is 12.7. The zero-order valence-electron chi connectivity index (χ0n) is 14.6. The van der Waals surface area contributed by atoms with Crippen LogP contribution in [0.1, 0.15) is 11.4 Å². The fraction of sp³-hybridized carbons (Fsp3) is 0.235. The van der Waals surface area contributed by atoms with Gasteiger partial charge in [-0.2, -0.15) is 9.40 Å². The van der Waals surface area contributed by atoms with E-state index >= 15 is 0 Å². The van der Waals surface area contributed by atoms with Crippen LogP contribution < -0.4 is 5.32 Å². The average Bonchev–Trinajstić information content (AvgIpc) is 2.94. The van der Waals surface area contributed by atoms with Crippen molar-refractivity contribution in [2.24, 2.45) is 0 Å². The van der Waals surface area contributed by atoms with E-state index in [1.54, 1.807) is 32.2 Å². The van der Waals surface area contributed by atoms with Crippen LogP contribution in [0.2, 0.25) is 0 Å². The van der Waals surface area contributed by atoms with E-state index in [0.29, 0.717) is 22.6 Å². The number of rotatable bonds is 5. The maximum absolute atomic E-state index is 12.7. The van der Waals surface area contributed by atoms with E-state index in [0.717, 1.165) is 9.69 Å². The predicted octanol–water partition coefficient (Wildman–Crippen LogP) is 1.83. The van der Waals surface area contributed by atoms with Crippen molar-refractivity contribution < 1.29 is 13.2 Å². The lowest BCUT2D eigenvalue weighted by Crippen LogP contribution is -2.35. The topological polar surface area (TPSA) is 108 Å². The number of para-hydroxylation sites is 1. The Morgan fingerprint density at radius 3 is 2.65 bits per heavy atom. The molecular formula is C17H19N5O3S. The number of carbonyl (C=O) groups excluding carboxylic acids is 1. The Bertz CT molecular complexity index is 1050. The second-order valence-electron chi connectivity index (χ2n) is 5.95. The summed E-state index contributed by atoms with van der Waals surface area (Å²) in [6.07, 6.45) is 1.64. The number of nitrogens with one attached hydrogen (secondary N) is 2. The van der Waals surface area contributed by atoms with Crippen LogP contribution in [0.15, 0.2) is 41.4 Å². The predicted molar refractivity (Wildman–Crippen MR) is 98.3 cm³/mol. The number of aromatic nitrogens is 3. The molecule has 1 aromatic carbocycles. The van der Waals surface area contributed by atoms with E-state index < -0.39 is 15.9 Å². The fourth-order valence-corrected chi connectivity index (χ4v) is 4.21. The molecule has 0 aliphatic carbocycles. The number of hydrogen-bond acceptors (Lipinski definition) is 5. The highest BCUT2D eigenvalue weighted by Crippen LogP contribution is 2.22. The van der Waals surface area contributed by atoms with Crippen molar-refractivity contribution in [1.29, 1.82) is 0 Å². The molecule has 1 amide bonds. The molecule has 9 heteroatoms. The molecule has 3 aromatic rings. The number of amides is 1. The standard InChI is InChI=1S/C17H19N5O3S/c1-11-17(12(2)21-20-11)26(24,25)22(3)10-15(23)19-14-8-4-6-13-7-5-9-18-16(13)14/h4-9H,10H2,1-3H3,(H,19,23)(H,20,21). The number of anilines is 1. The molecule has 26 heavy (non-hydrogen) atoms. The van der Waals surface area contributed by atoms with Crippen molar-refractivity contribution >= 4 is 32.5 Å². The molecule has 0 aliphatic rings. The summed E-state index contributed by atoms with van der Waals surface area (Å²) < 4.78 is 26.4. The smallest absolute Gasteiger partial charge is 0.246 e. The Labute approximate surface area is 151 Å². The van der Waals surface area contributed by atoms with Crippen molar-refractivity contribution in [2.45, 2.75) is 18.7 Å². The Morgan fingerprint density at radius 2 is 1.96 bits per heavy atom. The van der Waals surface area contributed by atoms with E-state index in [4.69, 9.17) is 0 Å². The molecular weight excluding hydrogens is 354 g/mol. The van der Waals surface area contributed by atoms with Crippen LogP contribution in [0.3, 0.4) is 0 Å². The summed E-state index contributed by atoms with van der Waals surface area (Å²) in [5, 5.41) is 10.2. The van der Waals surface area contributed by atoms with Gasteiger partial charge in [-0.05, 0) is 26.0 Å². The first-order chi connectivity index (χ1) is 12.3. The number of likely N-dealkylation sites (N-methyl/N-ethyl adjacent to an activating group) is 1. The van der Waals surface area contributed by atoms with Crippen molar-refractivity contribution in [3.8, 4) is 0 Å². The molecule has 136 valence electrons. The average molecular weight is 373 g/mol. The highest BCUT2D eigenvalue weighted by atomic mass is 32.2. The molecule has 2 aromatic heterocycles. The zero-order chi connectivity index (χ0) is 18.9. The first kappa shape index (κ1) is 18.0.